The Kier molecular flexibility index (Phi) is 13.6. The van der Waals surface area contributed by atoms with Crippen LogP contribution in [0.15, 0.2) is 53.7 Å². The van der Waals surface area contributed by atoms with Crippen LogP contribution in [0.1, 0.15) is 25.3 Å². The van der Waals surface area contributed by atoms with Crippen molar-refractivity contribution in [1.29, 1.82) is 5.26 Å². The zero-order valence-corrected chi connectivity index (χ0v) is 20.6. The first kappa shape index (κ1) is 27.3. The Bertz CT molecular complexity index is 870. The summed E-state index contributed by atoms with van der Waals surface area (Å²) in [7, 11) is 5.41. The van der Waals surface area contributed by atoms with Crippen LogP contribution in [0.25, 0.3) is 0 Å². The quantitative estimate of drug-likeness (QED) is 0.169. The molecule has 32 heavy (non-hydrogen) atoms. The number of hydrogen-bond donors (Lipinski definition) is 0. The van der Waals surface area contributed by atoms with Crippen LogP contribution in [0.2, 0.25) is 5.15 Å². The van der Waals surface area contributed by atoms with Crippen molar-refractivity contribution < 1.29 is 9.53 Å². The second-order valence-electron chi connectivity index (χ2n) is 6.98. The van der Waals surface area contributed by atoms with E-state index in [9.17, 15) is 4.79 Å². The topological polar surface area (TPSA) is 81.8 Å². The van der Waals surface area contributed by atoms with E-state index in [1.54, 1.807) is 44.4 Å². The maximum atomic E-state index is 11.3. The summed E-state index contributed by atoms with van der Waals surface area (Å²) in [6.45, 7) is 3.15. The summed E-state index contributed by atoms with van der Waals surface area (Å²) in [6.07, 6.45) is 5.43. The summed E-state index contributed by atoms with van der Waals surface area (Å²) >= 11 is 7.03. The summed E-state index contributed by atoms with van der Waals surface area (Å²) in [5, 5.41) is 8.99. The first-order valence-electron chi connectivity index (χ1n) is 10.1. The van der Waals surface area contributed by atoms with Crippen molar-refractivity contribution in [1.82, 2.24) is 14.8 Å². The number of benzene rings is 1. The summed E-state index contributed by atoms with van der Waals surface area (Å²) in [5.41, 5.74) is 1.02. The van der Waals surface area contributed by atoms with Crippen molar-refractivity contribution >= 4 is 34.4 Å². The Labute approximate surface area is 200 Å². The molecule has 0 spiro atoms. The zero-order valence-electron chi connectivity index (χ0n) is 19.0. The van der Waals surface area contributed by atoms with Gasteiger partial charge >= 0.3 is 0 Å². The molecule has 0 aliphatic heterocycles. The zero-order chi connectivity index (χ0) is 23.8. The number of aliphatic imine (C=N–C) groups is 1. The number of carbonyl (C=O) groups is 1. The van der Waals surface area contributed by atoms with E-state index in [1.807, 2.05) is 48.3 Å². The van der Waals surface area contributed by atoms with Crippen LogP contribution < -0.4 is 4.74 Å². The average molecular weight is 476 g/mol. The second-order valence-corrected chi connectivity index (χ2v) is 8.42. The first-order valence-corrected chi connectivity index (χ1v) is 11.5. The number of ether oxygens (including phenoxy) is 1. The van der Waals surface area contributed by atoms with E-state index < -0.39 is 0 Å². The molecule has 172 valence electrons. The van der Waals surface area contributed by atoms with E-state index in [0.717, 1.165) is 29.9 Å². The predicted molar refractivity (Wildman–Crippen MR) is 132 cm³/mol. The van der Waals surface area contributed by atoms with Gasteiger partial charge in [0.25, 0.3) is 5.24 Å². The number of amides is 1. The van der Waals surface area contributed by atoms with E-state index in [0.29, 0.717) is 24.1 Å². The number of aromatic nitrogens is 1. The fraction of sp³-hybridized carbons (Fsp3) is 0.391. The summed E-state index contributed by atoms with van der Waals surface area (Å²) in [4.78, 5) is 22.3. The molecule has 2 rings (SSSR count). The summed E-state index contributed by atoms with van der Waals surface area (Å²) in [5.74, 6) is 2.44. The number of nitriles is 1. The minimum absolute atomic E-state index is 0.119. The van der Waals surface area contributed by atoms with E-state index in [1.165, 1.54) is 11.8 Å². The molecular weight excluding hydrogens is 446 g/mol. The molecule has 2 aromatic rings. The van der Waals surface area contributed by atoms with E-state index in [-0.39, 0.29) is 5.24 Å². The van der Waals surface area contributed by atoms with Gasteiger partial charge in [-0.1, -0.05) is 47.6 Å². The van der Waals surface area contributed by atoms with E-state index >= 15 is 0 Å². The van der Waals surface area contributed by atoms with Gasteiger partial charge in [-0.05, 0) is 43.5 Å². The van der Waals surface area contributed by atoms with Gasteiger partial charge < -0.3 is 14.5 Å². The highest BCUT2D eigenvalue weighted by molar-refractivity contribution is 8.13. The standard InChI is InChI=1S/C13H19NO2S.C10H11ClN4/c1-14(2)13(15)17-11-7-6-10-16-12-8-4-3-5-9-12;1-8(14-7-12)15(2)6-9-3-4-10(11)13-5-9/h3-5,8-9H,6-7,10-11H2,1-2H3;3-5H,6H2,1-2H3. The van der Waals surface area contributed by atoms with Gasteiger partial charge in [0.1, 0.15) is 16.7 Å². The molecule has 0 unspecified atom stereocenters. The Morgan fingerprint density at radius 3 is 2.50 bits per heavy atom. The van der Waals surface area contributed by atoms with Crippen molar-refractivity contribution in [3.8, 4) is 11.9 Å². The highest BCUT2D eigenvalue weighted by Gasteiger charge is 2.04. The molecule has 1 aromatic heterocycles. The van der Waals surface area contributed by atoms with Crippen LogP contribution in [-0.4, -0.2) is 59.4 Å². The molecule has 1 heterocycles. The van der Waals surface area contributed by atoms with Gasteiger partial charge in [0.15, 0.2) is 0 Å². The van der Waals surface area contributed by atoms with Crippen LogP contribution in [0.4, 0.5) is 4.79 Å². The molecule has 0 radical (unpaired) electrons. The number of carbonyl (C=O) groups excluding carboxylic acids is 1. The van der Waals surface area contributed by atoms with Gasteiger partial charge in [-0.2, -0.15) is 10.3 Å². The third-order valence-electron chi connectivity index (χ3n) is 4.11. The van der Waals surface area contributed by atoms with Crippen LogP contribution in [-0.2, 0) is 6.54 Å². The highest BCUT2D eigenvalue weighted by Crippen LogP contribution is 2.11. The van der Waals surface area contributed by atoms with Crippen molar-refractivity contribution in [2.24, 2.45) is 4.99 Å². The molecule has 0 aliphatic rings. The Morgan fingerprint density at radius 1 is 1.19 bits per heavy atom. The van der Waals surface area contributed by atoms with Crippen LogP contribution in [0.3, 0.4) is 0 Å². The minimum atomic E-state index is 0.119. The maximum Gasteiger partial charge on any atom is 0.281 e. The number of amidine groups is 1. The largest absolute Gasteiger partial charge is 0.494 e. The van der Waals surface area contributed by atoms with Gasteiger partial charge in [0, 0.05) is 39.6 Å². The molecule has 0 atom stereocenters. The lowest BCUT2D eigenvalue weighted by molar-refractivity contribution is 0.241. The van der Waals surface area contributed by atoms with Crippen molar-refractivity contribution in [2.75, 3.05) is 33.5 Å². The second kappa shape index (κ2) is 16.0. The highest BCUT2D eigenvalue weighted by atomic mass is 35.5. The Morgan fingerprint density at radius 2 is 1.91 bits per heavy atom. The number of rotatable bonds is 8. The van der Waals surface area contributed by atoms with Gasteiger partial charge in [-0.15, -0.1) is 0 Å². The molecule has 0 aliphatic carbocycles. The Balaban J connectivity index is 0.000000323. The summed E-state index contributed by atoms with van der Waals surface area (Å²) in [6, 6.07) is 13.4. The first-order chi connectivity index (χ1) is 15.3. The van der Waals surface area contributed by atoms with Crippen LogP contribution >= 0.6 is 23.4 Å². The molecule has 0 bridgehead atoms. The normalized spacial score (nSPS) is 10.4. The fourth-order valence-electron chi connectivity index (χ4n) is 2.25. The molecular formula is C23H30ClN5O2S. The third kappa shape index (κ3) is 12.2. The molecule has 0 saturated carbocycles. The molecule has 1 aromatic carbocycles. The van der Waals surface area contributed by atoms with E-state index in [4.69, 9.17) is 21.6 Å². The van der Waals surface area contributed by atoms with E-state index in [2.05, 4.69) is 9.98 Å². The molecule has 1 amide bonds. The number of thioether (sulfide) groups is 1. The SMILES string of the molecule is CC(=NC#N)N(C)Cc1ccc(Cl)nc1.CN(C)C(=O)SCCCCOc1ccccc1. The summed E-state index contributed by atoms with van der Waals surface area (Å²) < 4.78 is 5.56. The monoisotopic (exact) mass is 475 g/mol. The fourth-order valence-corrected chi connectivity index (χ4v) is 3.14. The van der Waals surface area contributed by atoms with Gasteiger partial charge in [0.05, 0.1) is 6.61 Å². The average Bonchev–Trinajstić information content (AvgIpc) is 2.78. The van der Waals surface area contributed by atoms with Crippen molar-refractivity contribution in [2.45, 2.75) is 26.3 Å². The predicted octanol–water partition coefficient (Wildman–Crippen LogP) is 5.33. The van der Waals surface area contributed by atoms with Crippen LogP contribution in [0.5, 0.6) is 5.75 Å². The molecule has 9 heteroatoms. The van der Waals surface area contributed by atoms with Crippen molar-refractivity contribution in [3.63, 3.8) is 0 Å². The minimum Gasteiger partial charge on any atom is -0.494 e. The van der Waals surface area contributed by atoms with Gasteiger partial charge in [0.2, 0.25) is 6.19 Å². The van der Waals surface area contributed by atoms with Gasteiger partial charge in [-0.25, -0.2) is 4.98 Å². The Hall–Kier alpha value is -2.76. The number of halogens is 1. The number of unbranched alkanes of at least 4 members (excludes halogenated alkanes) is 1. The smallest absolute Gasteiger partial charge is 0.281 e. The van der Waals surface area contributed by atoms with Crippen LogP contribution in [0, 0.1) is 11.5 Å². The van der Waals surface area contributed by atoms with Crippen molar-refractivity contribution in [3.05, 3.63) is 59.4 Å². The number of pyridine rings is 1. The maximum absolute atomic E-state index is 11.3. The molecule has 7 nitrogen and oxygen atoms in total. The number of nitrogens with zero attached hydrogens (tertiary/aromatic N) is 5. The number of hydrogen-bond acceptors (Lipinski definition) is 6. The lowest BCUT2D eigenvalue weighted by Crippen LogP contribution is -2.23. The molecule has 0 fully saturated rings. The van der Waals surface area contributed by atoms with Gasteiger partial charge in [-0.3, -0.25) is 4.79 Å². The molecule has 0 N–H and O–H groups in total. The lowest BCUT2D eigenvalue weighted by Gasteiger charge is -2.17. The molecule has 0 saturated heterocycles. The lowest BCUT2D eigenvalue weighted by atomic mass is 10.3. The number of para-hydroxylation sites is 1. The third-order valence-corrected chi connectivity index (χ3v) is 5.44.